The predicted molar refractivity (Wildman–Crippen MR) is 55.4 cm³/mol. The fourth-order valence-electron chi connectivity index (χ4n) is 1.49. The highest BCUT2D eigenvalue weighted by Crippen LogP contribution is 2.37. The maximum atomic E-state index is 10.9. The van der Waals surface area contributed by atoms with Gasteiger partial charge in [-0.3, -0.25) is 0 Å². The number of benzene rings is 1. The molecule has 0 saturated carbocycles. The van der Waals surface area contributed by atoms with Crippen molar-refractivity contribution in [1.29, 1.82) is 0 Å². The monoisotopic (exact) mass is 210 g/mol. The normalized spacial score (nSPS) is 12.4. The summed E-state index contributed by atoms with van der Waals surface area (Å²) in [5, 5.41) is 27.9. The average Bonchev–Trinajstić information content (AvgIpc) is 2.20. The SMILES string of the molecule is CCC(C)c1c(C(=O)O)ccc(O)c1O. The maximum absolute atomic E-state index is 10.9. The molecular weight excluding hydrogens is 196 g/mol. The zero-order valence-corrected chi connectivity index (χ0v) is 8.69. The first-order valence-electron chi connectivity index (χ1n) is 4.77. The van der Waals surface area contributed by atoms with E-state index < -0.39 is 5.97 Å². The van der Waals surface area contributed by atoms with Crippen molar-refractivity contribution in [2.75, 3.05) is 0 Å². The molecule has 0 aliphatic rings. The van der Waals surface area contributed by atoms with Gasteiger partial charge in [-0.1, -0.05) is 13.8 Å². The summed E-state index contributed by atoms with van der Waals surface area (Å²) in [6.07, 6.45) is 0.692. The molecule has 1 aromatic carbocycles. The first-order valence-corrected chi connectivity index (χ1v) is 4.77. The largest absolute Gasteiger partial charge is 0.504 e. The fraction of sp³-hybridized carbons (Fsp3) is 0.364. The second kappa shape index (κ2) is 4.21. The van der Waals surface area contributed by atoms with Crippen molar-refractivity contribution in [1.82, 2.24) is 0 Å². The van der Waals surface area contributed by atoms with E-state index >= 15 is 0 Å². The van der Waals surface area contributed by atoms with E-state index in [-0.39, 0.29) is 23.0 Å². The lowest BCUT2D eigenvalue weighted by Crippen LogP contribution is -2.05. The molecule has 0 radical (unpaired) electrons. The quantitative estimate of drug-likeness (QED) is 0.669. The van der Waals surface area contributed by atoms with E-state index in [1.165, 1.54) is 12.1 Å². The number of phenols is 2. The summed E-state index contributed by atoms with van der Waals surface area (Å²) in [6.45, 7) is 3.70. The van der Waals surface area contributed by atoms with Crippen molar-refractivity contribution in [3.8, 4) is 11.5 Å². The first-order chi connectivity index (χ1) is 6.99. The van der Waals surface area contributed by atoms with Crippen LogP contribution < -0.4 is 0 Å². The third kappa shape index (κ3) is 2.03. The van der Waals surface area contributed by atoms with Crippen molar-refractivity contribution in [2.45, 2.75) is 26.2 Å². The number of carboxylic acids is 1. The number of phenolic OH excluding ortho intramolecular Hbond substituents is 2. The van der Waals surface area contributed by atoms with E-state index in [9.17, 15) is 15.0 Å². The molecule has 1 atom stereocenters. The second-order valence-electron chi connectivity index (χ2n) is 3.51. The minimum atomic E-state index is -1.10. The van der Waals surface area contributed by atoms with Crippen LogP contribution in [0.25, 0.3) is 0 Å². The van der Waals surface area contributed by atoms with Gasteiger partial charge >= 0.3 is 5.97 Å². The highest BCUT2D eigenvalue weighted by Gasteiger charge is 2.20. The Morgan fingerprint density at radius 3 is 2.47 bits per heavy atom. The highest BCUT2D eigenvalue weighted by molar-refractivity contribution is 5.91. The van der Waals surface area contributed by atoms with Gasteiger partial charge in [0, 0.05) is 5.56 Å². The molecule has 0 aliphatic carbocycles. The van der Waals surface area contributed by atoms with Crippen LogP contribution >= 0.6 is 0 Å². The Balaban J connectivity index is 3.41. The molecule has 1 aromatic rings. The van der Waals surface area contributed by atoms with Crippen LogP contribution in [0.15, 0.2) is 12.1 Å². The van der Waals surface area contributed by atoms with Crippen molar-refractivity contribution in [3.63, 3.8) is 0 Å². The molecular formula is C11H14O4. The number of aromatic hydroxyl groups is 2. The van der Waals surface area contributed by atoms with E-state index in [1.807, 2.05) is 6.92 Å². The average molecular weight is 210 g/mol. The van der Waals surface area contributed by atoms with Crippen LogP contribution in [0, 0.1) is 0 Å². The molecule has 1 rings (SSSR count). The molecule has 15 heavy (non-hydrogen) atoms. The number of aromatic carboxylic acids is 1. The molecule has 0 aliphatic heterocycles. The molecule has 3 N–H and O–H groups in total. The zero-order valence-electron chi connectivity index (χ0n) is 8.69. The molecule has 0 saturated heterocycles. The van der Waals surface area contributed by atoms with Gasteiger partial charge in [-0.05, 0) is 24.5 Å². The topological polar surface area (TPSA) is 77.8 Å². The molecule has 4 nitrogen and oxygen atoms in total. The molecule has 0 spiro atoms. The van der Waals surface area contributed by atoms with E-state index in [0.717, 1.165) is 0 Å². The number of carbonyl (C=O) groups is 1. The van der Waals surface area contributed by atoms with Gasteiger partial charge in [-0.25, -0.2) is 4.79 Å². The summed E-state index contributed by atoms with van der Waals surface area (Å²) in [5.74, 6) is -1.82. The van der Waals surface area contributed by atoms with Crippen molar-refractivity contribution >= 4 is 5.97 Å². The standard InChI is InChI=1S/C11H14O4/c1-3-6(2)9-7(11(14)15)4-5-8(12)10(9)13/h4-6,12-13H,3H2,1-2H3,(H,14,15). The van der Waals surface area contributed by atoms with E-state index in [4.69, 9.17) is 5.11 Å². The molecule has 0 amide bonds. The lowest BCUT2D eigenvalue weighted by Gasteiger charge is -2.15. The Hall–Kier alpha value is -1.71. The third-order valence-corrected chi connectivity index (χ3v) is 2.53. The molecule has 0 heterocycles. The summed E-state index contributed by atoms with van der Waals surface area (Å²) >= 11 is 0. The number of hydrogen-bond acceptors (Lipinski definition) is 3. The number of rotatable bonds is 3. The lowest BCUT2D eigenvalue weighted by molar-refractivity contribution is 0.0694. The first kappa shape index (κ1) is 11.4. The van der Waals surface area contributed by atoms with Crippen LogP contribution in [0.5, 0.6) is 11.5 Å². The molecule has 4 heteroatoms. The van der Waals surface area contributed by atoms with Gasteiger partial charge in [-0.15, -0.1) is 0 Å². The van der Waals surface area contributed by atoms with Crippen LogP contribution in [-0.2, 0) is 0 Å². The van der Waals surface area contributed by atoms with E-state index in [2.05, 4.69) is 0 Å². The fourth-order valence-corrected chi connectivity index (χ4v) is 1.49. The summed E-state index contributed by atoms with van der Waals surface area (Å²) in [4.78, 5) is 10.9. The second-order valence-corrected chi connectivity index (χ2v) is 3.51. The van der Waals surface area contributed by atoms with Crippen molar-refractivity contribution in [3.05, 3.63) is 23.3 Å². The third-order valence-electron chi connectivity index (χ3n) is 2.53. The minimum Gasteiger partial charge on any atom is -0.504 e. The van der Waals surface area contributed by atoms with Gasteiger partial charge in [0.15, 0.2) is 11.5 Å². The van der Waals surface area contributed by atoms with Gasteiger partial charge in [-0.2, -0.15) is 0 Å². The summed E-state index contributed by atoms with van der Waals surface area (Å²) in [7, 11) is 0. The number of carboxylic acid groups (broad SMARTS) is 1. The van der Waals surface area contributed by atoms with Gasteiger partial charge < -0.3 is 15.3 Å². The Morgan fingerprint density at radius 2 is 2.00 bits per heavy atom. The Kier molecular flexibility index (Phi) is 3.19. The van der Waals surface area contributed by atoms with Crippen molar-refractivity contribution < 1.29 is 20.1 Å². The molecule has 1 unspecified atom stereocenters. The van der Waals surface area contributed by atoms with Crippen LogP contribution in [0.2, 0.25) is 0 Å². The lowest BCUT2D eigenvalue weighted by atomic mass is 9.92. The maximum Gasteiger partial charge on any atom is 0.336 e. The van der Waals surface area contributed by atoms with Gasteiger partial charge in [0.2, 0.25) is 0 Å². The molecule has 0 aromatic heterocycles. The predicted octanol–water partition coefficient (Wildman–Crippen LogP) is 2.31. The molecule has 0 fully saturated rings. The summed E-state index contributed by atoms with van der Waals surface area (Å²) < 4.78 is 0. The van der Waals surface area contributed by atoms with Crippen LogP contribution in [0.1, 0.15) is 42.1 Å². The van der Waals surface area contributed by atoms with Gasteiger partial charge in [0.05, 0.1) is 5.56 Å². The molecule has 82 valence electrons. The van der Waals surface area contributed by atoms with Crippen LogP contribution in [-0.4, -0.2) is 21.3 Å². The Bertz CT molecular complexity index is 384. The van der Waals surface area contributed by atoms with Crippen LogP contribution in [0.3, 0.4) is 0 Å². The van der Waals surface area contributed by atoms with E-state index in [0.29, 0.717) is 12.0 Å². The van der Waals surface area contributed by atoms with Gasteiger partial charge in [0.25, 0.3) is 0 Å². The van der Waals surface area contributed by atoms with Gasteiger partial charge in [0.1, 0.15) is 0 Å². The molecule has 0 bridgehead atoms. The van der Waals surface area contributed by atoms with Crippen LogP contribution in [0.4, 0.5) is 0 Å². The Morgan fingerprint density at radius 1 is 1.40 bits per heavy atom. The summed E-state index contributed by atoms with van der Waals surface area (Å²) in [6, 6.07) is 2.49. The highest BCUT2D eigenvalue weighted by atomic mass is 16.4. The zero-order chi connectivity index (χ0) is 11.6. The smallest absolute Gasteiger partial charge is 0.336 e. The summed E-state index contributed by atoms with van der Waals surface area (Å²) in [5.41, 5.74) is 0.338. The van der Waals surface area contributed by atoms with Crippen molar-refractivity contribution in [2.24, 2.45) is 0 Å². The van der Waals surface area contributed by atoms with E-state index in [1.54, 1.807) is 6.92 Å². The Labute approximate surface area is 87.8 Å². The number of hydrogen-bond donors (Lipinski definition) is 3. The minimum absolute atomic E-state index is 0.0413.